The second-order valence-electron chi connectivity index (χ2n) is 9.50. The number of carbonyl (C=O) groups is 2. The van der Waals surface area contributed by atoms with Crippen molar-refractivity contribution >= 4 is 21.9 Å². The van der Waals surface area contributed by atoms with Gasteiger partial charge in [-0.2, -0.15) is 13.2 Å². The Labute approximate surface area is 233 Å². The molecule has 4 aromatic rings. The number of ether oxygens (including phenoxy) is 1. The lowest BCUT2D eigenvalue weighted by atomic mass is 9.98. The lowest BCUT2D eigenvalue weighted by Crippen LogP contribution is -2.42. The molecule has 3 N–H and O–H groups in total. The standard InChI is InChI=1S/C30H23F3N2O5S/c31-30(32,33)20-12-10-18(11-13-20)23-8-4-5-9-25(23)29(37)40-21-14-15-24-19(16-21)17-26(27(24)28(34)36)35-41(38,39)22-6-2-1-3-7-22/h1-16,26-27,35H,17H2,(H2,34,36). The third-order valence-electron chi connectivity index (χ3n) is 6.84. The van der Waals surface area contributed by atoms with Crippen LogP contribution in [0.3, 0.4) is 0 Å². The monoisotopic (exact) mass is 580 g/mol. The molecule has 0 aromatic heterocycles. The second kappa shape index (κ2) is 10.8. The van der Waals surface area contributed by atoms with E-state index in [-0.39, 0.29) is 22.6 Å². The number of fused-ring (bicyclic) bond motifs is 1. The number of carbonyl (C=O) groups excluding carboxylic acids is 2. The summed E-state index contributed by atoms with van der Waals surface area (Å²) < 4.78 is 72.9. The van der Waals surface area contributed by atoms with Gasteiger partial charge < -0.3 is 10.5 Å². The molecule has 0 heterocycles. The fourth-order valence-corrected chi connectivity index (χ4v) is 6.21. The van der Waals surface area contributed by atoms with Crippen molar-refractivity contribution in [3.8, 4) is 16.9 Å². The average molecular weight is 581 g/mol. The highest BCUT2D eigenvalue weighted by atomic mass is 32.2. The van der Waals surface area contributed by atoms with Crippen LogP contribution in [0.2, 0.25) is 0 Å². The molecule has 210 valence electrons. The Morgan fingerprint density at radius 1 is 0.878 bits per heavy atom. The van der Waals surface area contributed by atoms with Crippen molar-refractivity contribution in [2.24, 2.45) is 5.73 Å². The molecule has 2 unspecified atom stereocenters. The zero-order valence-corrected chi connectivity index (χ0v) is 22.1. The van der Waals surface area contributed by atoms with Gasteiger partial charge >= 0.3 is 12.1 Å². The number of rotatable bonds is 7. The highest BCUT2D eigenvalue weighted by Crippen LogP contribution is 2.37. The summed E-state index contributed by atoms with van der Waals surface area (Å²) in [6.07, 6.45) is -4.36. The van der Waals surface area contributed by atoms with Crippen molar-refractivity contribution in [3.63, 3.8) is 0 Å². The molecule has 0 spiro atoms. The van der Waals surface area contributed by atoms with Gasteiger partial charge in [0.25, 0.3) is 0 Å². The number of primary amides is 1. The molecule has 0 aliphatic heterocycles. The van der Waals surface area contributed by atoms with Gasteiger partial charge in [0, 0.05) is 6.04 Å². The van der Waals surface area contributed by atoms with Crippen molar-refractivity contribution < 1.29 is 35.9 Å². The van der Waals surface area contributed by atoms with Crippen LogP contribution in [0, 0.1) is 0 Å². The van der Waals surface area contributed by atoms with E-state index in [2.05, 4.69) is 4.72 Å². The van der Waals surface area contributed by atoms with Crippen LogP contribution in [-0.2, 0) is 27.4 Å². The molecule has 41 heavy (non-hydrogen) atoms. The highest BCUT2D eigenvalue weighted by molar-refractivity contribution is 7.89. The van der Waals surface area contributed by atoms with Crippen LogP contribution in [0.5, 0.6) is 5.75 Å². The van der Waals surface area contributed by atoms with E-state index in [0.29, 0.717) is 22.3 Å². The SMILES string of the molecule is NC(=O)C1c2ccc(OC(=O)c3ccccc3-c3ccc(C(F)(F)F)cc3)cc2CC1NS(=O)(=O)c1ccccc1. The molecule has 1 amide bonds. The number of esters is 1. The first-order valence-corrected chi connectivity index (χ1v) is 13.9. The molecule has 2 atom stereocenters. The lowest BCUT2D eigenvalue weighted by molar-refractivity contribution is -0.137. The van der Waals surface area contributed by atoms with E-state index >= 15 is 0 Å². The Morgan fingerprint density at radius 2 is 1.54 bits per heavy atom. The first kappa shape index (κ1) is 28.1. The van der Waals surface area contributed by atoms with E-state index in [4.69, 9.17) is 10.5 Å². The molecule has 0 bridgehead atoms. The fourth-order valence-electron chi connectivity index (χ4n) is 4.94. The molecular weight excluding hydrogens is 557 g/mol. The Kier molecular flexibility index (Phi) is 7.41. The quantitative estimate of drug-likeness (QED) is 0.234. The van der Waals surface area contributed by atoms with E-state index in [1.165, 1.54) is 36.4 Å². The zero-order valence-electron chi connectivity index (χ0n) is 21.3. The number of benzene rings is 4. The van der Waals surface area contributed by atoms with Crippen molar-refractivity contribution in [2.75, 3.05) is 0 Å². The summed E-state index contributed by atoms with van der Waals surface area (Å²) in [5.74, 6) is -2.25. The maximum absolute atomic E-state index is 13.1. The van der Waals surface area contributed by atoms with Crippen LogP contribution in [0.25, 0.3) is 11.1 Å². The minimum atomic E-state index is -4.49. The van der Waals surface area contributed by atoms with Gasteiger partial charge in [0.2, 0.25) is 15.9 Å². The molecule has 7 nitrogen and oxygen atoms in total. The van der Waals surface area contributed by atoms with Crippen molar-refractivity contribution in [1.29, 1.82) is 0 Å². The Bertz CT molecular complexity index is 1720. The van der Waals surface area contributed by atoms with Crippen molar-refractivity contribution in [1.82, 2.24) is 4.72 Å². The topological polar surface area (TPSA) is 116 Å². The highest BCUT2D eigenvalue weighted by Gasteiger charge is 2.39. The number of hydrogen-bond donors (Lipinski definition) is 2. The van der Waals surface area contributed by atoms with Crippen LogP contribution in [0.4, 0.5) is 13.2 Å². The van der Waals surface area contributed by atoms with Gasteiger partial charge in [0.05, 0.1) is 21.9 Å². The van der Waals surface area contributed by atoms with Gasteiger partial charge in [0.1, 0.15) is 5.75 Å². The number of nitrogens with two attached hydrogens (primary N) is 1. The van der Waals surface area contributed by atoms with Crippen LogP contribution >= 0.6 is 0 Å². The molecule has 0 fully saturated rings. The third-order valence-corrected chi connectivity index (χ3v) is 8.34. The summed E-state index contributed by atoms with van der Waals surface area (Å²) in [4.78, 5) is 25.5. The van der Waals surface area contributed by atoms with Crippen LogP contribution in [-0.4, -0.2) is 26.3 Å². The number of alkyl halides is 3. The van der Waals surface area contributed by atoms with Gasteiger partial charge in [-0.3, -0.25) is 4.79 Å². The van der Waals surface area contributed by atoms with E-state index in [0.717, 1.165) is 12.1 Å². The van der Waals surface area contributed by atoms with Gasteiger partial charge in [-0.05, 0) is 71.1 Å². The van der Waals surface area contributed by atoms with E-state index < -0.39 is 45.6 Å². The summed E-state index contributed by atoms with van der Waals surface area (Å²) in [6, 6.07) is 22.2. The van der Waals surface area contributed by atoms with E-state index in [1.54, 1.807) is 48.5 Å². The normalized spacial score (nSPS) is 16.7. The molecule has 4 aromatic carbocycles. The van der Waals surface area contributed by atoms with Crippen LogP contribution in [0.15, 0.2) is 102 Å². The number of sulfonamides is 1. The molecule has 1 aliphatic rings. The summed E-state index contributed by atoms with van der Waals surface area (Å²) in [5, 5.41) is 0. The van der Waals surface area contributed by atoms with E-state index in [9.17, 15) is 31.2 Å². The largest absolute Gasteiger partial charge is 0.423 e. The lowest BCUT2D eigenvalue weighted by Gasteiger charge is -2.19. The minimum Gasteiger partial charge on any atom is -0.423 e. The molecule has 11 heteroatoms. The summed E-state index contributed by atoms with van der Waals surface area (Å²) in [5.41, 5.74) is 6.85. The first-order chi connectivity index (χ1) is 19.4. The van der Waals surface area contributed by atoms with Gasteiger partial charge in [0.15, 0.2) is 0 Å². The zero-order chi connectivity index (χ0) is 29.4. The van der Waals surface area contributed by atoms with Crippen molar-refractivity contribution in [3.05, 3.63) is 119 Å². The summed E-state index contributed by atoms with van der Waals surface area (Å²) in [7, 11) is -3.94. The maximum Gasteiger partial charge on any atom is 0.416 e. The maximum atomic E-state index is 13.1. The molecule has 0 saturated carbocycles. The summed E-state index contributed by atoms with van der Waals surface area (Å²) in [6.45, 7) is 0. The number of amides is 1. The summed E-state index contributed by atoms with van der Waals surface area (Å²) >= 11 is 0. The predicted molar refractivity (Wildman–Crippen MR) is 144 cm³/mol. The molecule has 1 aliphatic carbocycles. The Hall–Kier alpha value is -4.48. The van der Waals surface area contributed by atoms with Crippen LogP contribution < -0.4 is 15.2 Å². The Balaban J connectivity index is 1.38. The smallest absolute Gasteiger partial charge is 0.416 e. The van der Waals surface area contributed by atoms with Gasteiger partial charge in [-0.15, -0.1) is 0 Å². The predicted octanol–water partition coefficient (Wildman–Crippen LogP) is 5.06. The molecule has 0 radical (unpaired) electrons. The van der Waals surface area contributed by atoms with Crippen LogP contribution in [0.1, 0.15) is 33.0 Å². The second-order valence-corrected chi connectivity index (χ2v) is 11.2. The fraction of sp³-hybridized carbons (Fsp3) is 0.133. The molecule has 5 rings (SSSR count). The minimum absolute atomic E-state index is 0.0421. The van der Waals surface area contributed by atoms with Gasteiger partial charge in [-0.1, -0.05) is 54.6 Å². The number of halogens is 3. The molecular formula is C30H23F3N2O5S. The first-order valence-electron chi connectivity index (χ1n) is 12.4. The molecule has 0 saturated heterocycles. The van der Waals surface area contributed by atoms with Gasteiger partial charge in [-0.25, -0.2) is 17.9 Å². The van der Waals surface area contributed by atoms with Crippen molar-refractivity contribution in [2.45, 2.75) is 29.5 Å². The van der Waals surface area contributed by atoms with E-state index in [1.807, 2.05) is 0 Å². The number of nitrogens with one attached hydrogen (secondary N) is 1. The third kappa shape index (κ3) is 5.86. The number of hydrogen-bond acceptors (Lipinski definition) is 5. The Morgan fingerprint density at radius 3 is 2.20 bits per heavy atom. The average Bonchev–Trinajstić information content (AvgIpc) is 3.29.